The summed E-state index contributed by atoms with van der Waals surface area (Å²) in [7, 11) is 2.04. The molecule has 1 unspecified atom stereocenters. The van der Waals surface area contributed by atoms with E-state index in [0.29, 0.717) is 6.04 Å². The van der Waals surface area contributed by atoms with Gasteiger partial charge in [0, 0.05) is 11.8 Å². The van der Waals surface area contributed by atoms with Crippen LogP contribution >= 0.6 is 11.8 Å². The predicted octanol–water partition coefficient (Wildman–Crippen LogP) is 2.68. The van der Waals surface area contributed by atoms with Gasteiger partial charge in [0.1, 0.15) is 0 Å². The quantitative estimate of drug-likeness (QED) is 0.615. The van der Waals surface area contributed by atoms with E-state index >= 15 is 0 Å². The van der Waals surface area contributed by atoms with Gasteiger partial charge in [-0.2, -0.15) is 11.8 Å². The van der Waals surface area contributed by atoms with Crippen LogP contribution in [0.15, 0.2) is 12.7 Å². The van der Waals surface area contributed by atoms with Crippen molar-refractivity contribution in [2.45, 2.75) is 38.0 Å². The maximum Gasteiger partial charge on any atom is 0.0158 e. The number of hydrogen-bond acceptors (Lipinski definition) is 2. The standard InChI is InChI=1S/C10H21NS/c1-5-6-7-10(11-4)8-12-9(2)3/h5,9-11H,1,6-8H2,2-4H3. The number of allylic oxidation sites excluding steroid dienone is 1. The number of hydrogen-bond donors (Lipinski definition) is 1. The van der Waals surface area contributed by atoms with Crippen molar-refractivity contribution in [1.29, 1.82) is 0 Å². The van der Waals surface area contributed by atoms with Gasteiger partial charge in [-0.3, -0.25) is 0 Å². The molecule has 0 fully saturated rings. The molecule has 12 heavy (non-hydrogen) atoms. The molecule has 0 saturated heterocycles. The Balaban J connectivity index is 3.45. The molecule has 0 aromatic rings. The van der Waals surface area contributed by atoms with Crippen LogP contribution in [0, 0.1) is 0 Å². The van der Waals surface area contributed by atoms with Crippen LogP contribution in [0.5, 0.6) is 0 Å². The molecule has 1 N–H and O–H groups in total. The van der Waals surface area contributed by atoms with Crippen molar-refractivity contribution in [3.8, 4) is 0 Å². The average Bonchev–Trinajstić information content (AvgIpc) is 2.05. The first kappa shape index (κ1) is 12.0. The number of nitrogens with one attached hydrogen (secondary N) is 1. The summed E-state index contributed by atoms with van der Waals surface area (Å²) in [6.07, 6.45) is 4.31. The summed E-state index contributed by atoms with van der Waals surface area (Å²) in [5.74, 6) is 1.21. The SMILES string of the molecule is C=CCCC(CSC(C)C)NC. The first-order valence-corrected chi connectivity index (χ1v) is 5.65. The molecule has 0 saturated carbocycles. The van der Waals surface area contributed by atoms with Gasteiger partial charge in [-0.25, -0.2) is 0 Å². The lowest BCUT2D eigenvalue weighted by molar-refractivity contribution is 0.578. The first-order chi connectivity index (χ1) is 5.70. The van der Waals surface area contributed by atoms with Crippen molar-refractivity contribution in [2.24, 2.45) is 0 Å². The van der Waals surface area contributed by atoms with E-state index in [1.807, 2.05) is 24.9 Å². The van der Waals surface area contributed by atoms with Crippen molar-refractivity contribution in [3.63, 3.8) is 0 Å². The molecule has 0 aliphatic heterocycles. The summed E-state index contributed by atoms with van der Waals surface area (Å²) in [5.41, 5.74) is 0. The van der Waals surface area contributed by atoms with E-state index in [-0.39, 0.29) is 0 Å². The van der Waals surface area contributed by atoms with Gasteiger partial charge in [0.05, 0.1) is 0 Å². The second-order valence-electron chi connectivity index (χ2n) is 3.23. The van der Waals surface area contributed by atoms with E-state index < -0.39 is 0 Å². The van der Waals surface area contributed by atoms with E-state index in [9.17, 15) is 0 Å². The zero-order valence-electron chi connectivity index (χ0n) is 8.47. The fraction of sp³-hybridized carbons (Fsp3) is 0.800. The van der Waals surface area contributed by atoms with Crippen LogP contribution < -0.4 is 5.32 Å². The highest BCUT2D eigenvalue weighted by Gasteiger charge is 2.05. The van der Waals surface area contributed by atoms with Crippen molar-refractivity contribution >= 4 is 11.8 Å². The summed E-state index contributed by atoms with van der Waals surface area (Å²) >= 11 is 2.02. The lowest BCUT2D eigenvalue weighted by atomic mass is 10.2. The summed E-state index contributed by atoms with van der Waals surface area (Å²) in [6, 6.07) is 0.649. The highest BCUT2D eigenvalue weighted by Crippen LogP contribution is 2.12. The molecule has 0 radical (unpaired) electrons. The van der Waals surface area contributed by atoms with Gasteiger partial charge < -0.3 is 5.32 Å². The molecular formula is C10H21NS. The minimum atomic E-state index is 0.649. The molecule has 0 amide bonds. The van der Waals surface area contributed by atoms with Crippen LogP contribution in [0.1, 0.15) is 26.7 Å². The molecule has 1 nitrogen and oxygen atoms in total. The summed E-state index contributed by atoms with van der Waals surface area (Å²) in [4.78, 5) is 0. The third-order valence-electron chi connectivity index (χ3n) is 1.76. The van der Waals surface area contributed by atoms with Gasteiger partial charge in [-0.15, -0.1) is 6.58 Å². The first-order valence-electron chi connectivity index (χ1n) is 4.60. The van der Waals surface area contributed by atoms with Crippen molar-refractivity contribution in [2.75, 3.05) is 12.8 Å². The predicted molar refractivity (Wildman–Crippen MR) is 59.9 cm³/mol. The van der Waals surface area contributed by atoms with Gasteiger partial charge in [0.2, 0.25) is 0 Å². The molecule has 0 spiro atoms. The second-order valence-corrected chi connectivity index (χ2v) is 4.84. The molecular weight excluding hydrogens is 166 g/mol. The Morgan fingerprint density at radius 2 is 2.17 bits per heavy atom. The van der Waals surface area contributed by atoms with E-state index in [1.54, 1.807) is 0 Å². The third-order valence-corrected chi connectivity index (χ3v) is 3.02. The molecule has 2 heteroatoms. The van der Waals surface area contributed by atoms with Crippen LogP contribution in [0.4, 0.5) is 0 Å². The minimum Gasteiger partial charge on any atom is -0.316 e. The van der Waals surface area contributed by atoms with Gasteiger partial charge in [-0.1, -0.05) is 19.9 Å². The zero-order chi connectivity index (χ0) is 9.40. The van der Waals surface area contributed by atoms with Crippen LogP contribution in [0.25, 0.3) is 0 Å². The monoisotopic (exact) mass is 187 g/mol. The molecule has 0 bridgehead atoms. The molecule has 0 aromatic heterocycles. The Morgan fingerprint density at radius 3 is 2.58 bits per heavy atom. The third kappa shape index (κ3) is 6.74. The molecule has 72 valence electrons. The summed E-state index contributed by atoms with van der Waals surface area (Å²) in [5, 5.41) is 4.06. The summed E-state index contributed by atoms with van der Waals surface area (Å²) in [6.45, 7) is 8.21. The van der Waals surface area contributed by atoms with E-state index in [2.05, 4.69) is 25.7 Å². The largest absolute Gasteiger partial charge is 0.316 e. The van der Waals surface area contributed by atoms with Crippen molar-refractivity contribution in [1.82, 2.24) is 5.32 Å². The highest BCUT2D eigenvalue weighted by molar-refractivity contribution is 7.99. The van der Waals surface area contributed by atoms with Gasteiger partial charge in [0.15, 0.2) is 0 Å². The number of thioether (sulfide) groups is 1. The Kier molecular flexibility index (Phi) is 7.72. The van der Waals surface area contributed by atoms with Gasteiger partial charge >= 0.3 is 0 Å². The molecule has 0 aliphatic carbocycles. The fourth-order valence-electron chi connectivity index (χ4n) is 0.939. The maximum atomic E-state index is 3.73. The Morgan fingerprint density at radius 1 is 1.50 bits per heavy atom. The van der Waals surface area contributed by atoms with Crippen LogP contribution in [0.2, 0.25) is 0 Å². The van der Waals surface area contributed by atoms with E-state index in [1.165, 1.54) is 12.2 Å². The Bertz CT molecular complexity index is 112. The fourth-order valence-corrected chi connectivity index (χ4v) is 1.89. The molecule has 0 aromatic carbocycles. The van der Waals surface area contributed by atoms with Crippen molar-refractivity contribution in [3.05, 3.63) is 12.7 Å². The van der Waals surface area contributed by atoms with Gasteiger partial charge in [-0.05, 0) is 25.1 Å². The minimum absolute atomic E-state index is 0.649. The maximum absolute atomic E-state index is 3.73. The van der Waals surface area contributed by atoms with Crippen LogP contribution in [-0.2, 0) is 0 Å². The lowest BCUT2D eigenvalue weighted by Gasteiger charge is -2.15. The lowest BCUT2D eigenvalue weighted by Crippen LogP contribution is -2.27. The molecule has 1 atom stereocenters. The molecule has 0 aliphatic rings. The highest BCUT2D eigenvalue weighted by atomic mass is 32.2. The van der Waals surface area contributed by atoms with Crippen LogP contribution in [0.3, 0.4) is 0 Å². The second kappa shape index (κ2) is 7.69. The average molecular weight is 187 g/mol. The van der Waals surface area contributed by atoms with Crippen molar-refractivity contribution < 1.29 is 0 Å². The summed E-state index contributed by atoms with van der Waals surface area (Å²) < 4.78 is 0. The Labute approximate surface area is 81.0 Å². The van der Waals surface area contributed by atoms with E-state index in [4.69, 9.17) is 0 Å². The molecule has 0 rings (SSSR count). The topological polar surface area (TPSA) is 12.0 Å². The number of rotatable bonds is 7. The Hall–Kier alpha value is 0.0500. The smallest absolute Gasteiger partial charge is 0.0158 e. The van der Waals surface area contributed by atoms with Gasteiger partial charge in [0.25, 0.3) is 0 Å². The zero-order valence-corrected chi connectivity index (χ0v) is 9.29. The van der Waals surface area contributed by atoms with E-state index in [0.717, 1.165) is 11.7 Å². The van der Waals surface area contributed by atoms with Crippen LogP contribution in [-0.4, -0.2) is 24.1 Å². The molecule has 0 heterocycles. The normalized spacial score (nSPS) is 13.3.